The molecule has 0 aliphatic carbocycles. The summed E-state index contributed by atoms with van der Waals surface area (Å²) in [6, 6.07) is 7.30. The molecule has 3 heterocycles. The number of aliphatic hydroxyl groups excluding tert-OH is 1. The van der Waals surface area contributed by atoms with E-state index >= 15 is 0 Å². The molecule has 3 aliphatic rings. The summed E-state index contributed by atoms with van der Waals surface area (Å²) in [4.78, 5) is 30.6. The minimum atomic E-state index is -0.911. The molecule has 2 N–H and O–H groups in total. The van der Waals surface area contributed by atoms with Gasteiger partial charge in [-0.2, -0.15) is 0 Å². The summed E-state index contributed by atoms with van der Waals surface area (Å²) in [5.41, 5.74) is 1.19. The maximum atomic E-state index is 12.6. The summed E-state index contributed by atoms with van der Waals surface area (Å²) < 4.78 is 0. The molecule has 1 spiro atoms. The highest BCUT2D eigenvalue weighted by Crippen LogP contribution is 2.39. The van der Waals surface area contributed by atoms with Gasteiger partial charge in [-0.1, -0.05) is 26.0 Å². The Morgan fingerprint density at radius 3 is 2.64 bits per heavy atom. The predicted octanol–water partition coefficient (Wildman–Crippen LogP) is 0.873. The monoisotopic (exact) mass is 387 g/mol. The van der Waals surface area contributed by atoms with Gasteiger partial charge in [0.2, 0.25) is 5.91 Å². The Balaban J connectivity index is 1.47. The maximum Gasteiger partial charge on any atom is 0.335 e. The minimum absolute atomic E-state index is 0.0233. The fourth-order valence-electron chi connectivity index (χ4n) is 5.18. The zero-order chi connectivity index (χ0) is 20.1. The molecule has 0 unspecified atom stereocenters. The quantitative estimate of drug-likeness (QED) is 0.798. The van der Waals surface area contributed by atoms with Crippen molar-refractivity contribution in [3.63, 3.8) is 0 Å². The first-order valence-corrected chi connectivity index (χ1v) is 10.1. The Morgan fingerprint density at radius 1 is 1.21 bits per heavy atom. The SMILES string of the molecule is CC(C)C(=O)N1C[C@@H]2C[C@@H](O)CN2C2(CN(Cc3cccc(C(=O)O)c3)C2)C1. The number of fused-ring (bicyclic) bond motifs is 2. The van der Waals surface area contributed by atoms with Gasteiger partial charge in [-0.25, -0.2) is 4.79 Å². The van der Waals surface area contributed by atoms with Crippen LogP contribution in [0.5, 0.6) is 0 Å². The van der Waals surface area contributed by atoms with Crippen molar-refractivity contribution in [2.75, 3.05) is 32.7 Å². The van der Waals surface area contributed by atoms with E-state index in [9.17, 15) is 19.8 Å². The number of likely N-dealkylation sites (tertiary alicyclic amines) is 1. The zero-order valence-electron chi connectivity index (χ0n) is 16.5. The third-order valence-electron chi connectivity index (χ3n) is 6.34. The second kappa shape index (κ2) is 7.13. The number of nitrogens with zero attached hydrogens (tertiary/aromatic N) is 3. The molecular formula is C21H29N3O4. The van der Waals surface area contributed by atoms with Crippen LogP contribution in [-0.4, -0.2) is 87.2 Å². The second-order valence-electron chi connectivity index (χ2n) is 8.94. The van der Waals surface area contributed by atoms with Crippen molar-refractivity contribution in [2.24, 2.45) is 5.92 Å². The van der Waals surface area contributed by atoms with Crippen LogP contribution in [0, 0.1) is 5.92 Å². The molecule has 3 aliphatic heterocycles. The number of aromatic carboxylic acids is 1. The van der Waals surface area contributed by atoms with Crippen LogP contribution in [-0.2, 0) is 11.3 Å². The number of β-amino-alcohol motifs (C(OH)–C–C–N with tert-alkyl or cyclic N) is 1. The number of carbonyl (C=O) groups excluding carboxylic acids is 1. The standard InChI is InChI=1S/C21H29N3O4/c1-14(2)19(26)23-9-17-7-18(25)10-24(17)21(13-23)11-22(12-21)8-15-4-3-5-16(6-15)20(27)28/h3-6,14,17-18,25H,7-13H2,1-2H3,(H,27,28)/t17-,18+/m0/s1. The average molecular weight is 387 g/mol. The molecule has 3 saturated heterocycles. The number of piperazine rings is 1. The van der Waals surface area contributed by atoms with E-state index in [-0.39, 0.29) is 29.5 Å². The van der Waals surface area contributed by atoms with Crippen molar-refractivity contribution in [2.45, 2.75) is 44.5 Å². The molecule has 0 aromatic heterocycles. The van der Waals surface area contributed by atoms with E-state index in [4.69, 9.17) is 0 Å². The number of carboxylic acids is 1. The summed E-state index contributed by atoms with van der Waals surface area (Å²) in [6.45, 7) is 8.32. The third kappa shape index (κ3) is 3.43. The number of carbonyl (C=O) groups is 2. The molecule has 0 bridgehead atoms. The zero-order valence-corrected chi connectivity index (χ0v) is 16.5. The molecular weight excluding hydrogens is 358 g/mol. The van der Waals surface area contributed by atoms with Crippen LogP contribution in [0.4, 0.5) is 0 Å². The lowest BCUT2D eigenvalue weighted by Crippen LogP contribution is -2.78. The molecule has 7 heteroatoms. The van der Waals surface area contributed by atoms with Gasteiger partial charge < -0.3 is 15.1 Å². The van der Waals surface area contributed by atoms with Gasteiger partial charge >= 0.3 is 5.97 Å². The van der Waals surface area contributed by atoms with Crippen LogP contribution in [0.1, 0.15) is 36.2 Å². The average Bonchev–Trinajstić information content (AvgIpc) is 3.00. The number of aliphatic hydroxyl groups is 1. The lowest BCUT2D eigenvalue weighted by atomic mass is 9.83. The lowest BCUT2D eigenvalue weighted by Gasteiger charge is -2.61. The molecule has 2 atom stereocenters. The normalized spacial score (nSPS) is 27.1. The Bertz CT molecular complexity index is 775. The lowest BCUT2D eigenvalue weighted by molar-refractivity contribution is -0.153. The van der Waals surface area contributed by atoms with Crippen molar-refractivity contribution < 1.29 is 19.8 Å². The molecule has 4 rings (SSSR count). The molecule has 152 valence electrons. The number of amides is 1. The van der Waals surface area contributed by atoms with Crippen LogP contribution in [0.15, 0.2) is 24.3 Å². The fourth-order valence-corrected chi connectivity index (χ4v) is 5.18. The summed E-state index contributed by atoms with van der Waals surface area (Å²) >= 11 is 0. The van der Waals surface area contributed by atoms with Gasteiger partial charge in [-0.3, -0.25) is 14.6 Å². The van der Waals surface area contributed by atoms with Gasteiger partial charge in [0.05, 0.1) is 17.2 Å². The van der Waals surface area contributed by atoms with Gasteiger partial charge in [0.25, 0.3) is 0 Å². The smallest absolute Gasteiger partial charge is 0.335 e. The number of hydrogen-bond donors (Lipinski definition) is 2. The summed E-state index contributed by atoms with van der Waals surface area (Å²) in [5.74, 6) is -0.746. The number of benzene rings is 1. The van der Waals surface area contributed by atoms with E-state index in [1.165, 1.54) is 0 Å². The van der Waals surface area contributed by atoms with E-state index in [1.807, 2.05) is 24.8 Å². The van der Waals surface area contributed by atoms with Crippen LogP contribution >= 0.6 is 0 Å². The largest absolute Gasteiger partial charge is 0.478 e. The number of hydrogen-bond acceptors (Lipinski definition) is 5. The molecule has 3 fully saturated rings. The first-order chi connectivity index (χ1) is 13.3. The van der Waals surface area contributed by atoms with Crippen molar-refractivity contribution in [1.82, 2.24) is 14.7 Å². The molecule has 28 heavy (non-hydrogen) atoms. The van der Waals surface area contributed by atoms with Crippen molar-refractivity contribution in [1.29, 1.82) is 0 Å². The van der Waals surface area contributed by atoms with E-state index < -0.39 is 5.97 Å². The third-order valence-corrected chi connectivity index (χ3v) is 6.34. The van der Waals surface area contributed by atoms with Gasteiger partial charge in [0.15, 0.2) is 0 Å². The predicted molar refractivity (Wildman–Crippen MR) is 104 cm³/mol. The van der Waals surface area contributed by atoms with E-state index in [0.29, 0.717) is 31.7 Å². The van der Waals surface area contributed by atoms with E-state index in [2.05, 4.69) is 9.80 Å². The summed E-state index contributed by atoms with van der Waals surface area (Å²) in [6.07, 6.45) is 0.405. The Kier molecular flexibility index (Phi) is 4.93. The molecule has 0 radical (unpaired) electrons. The van der Waals surface area contributed by atoms with Crippen LogP contribution < -0.4 is 0 Å². The highest BCUT2D eigenvalue weighted by Gasteiger charge is 2.56. The van der Waals surface area contributed by atoms with Crippen LogP contribution in [0.3, 0.4) is 0 Å². The molecule has 1 amide bonds. The Morgan fingerprint density at radius 2 is 1.96 bits per heavy atom. The topological polar surface area (TPSA) is 84.3 Å². The summed E-state index contributed by atoms with van der Waals surface area (Å²) in [7, 11) is 0. The van der Waals surface area contributed by atoms with E-state index in [1.54, 1.807) is 18.2 Å². The van der Waals surface area contributed by atoms with Gasteiger partial charge in [-0.15, -0.1) is 0 Å². The molecule has 1 aromatic rings. The highest BCUT2D eigenvalue weighted by molar-refractivity contribution is 5.87. The van der Waals surface area contributed by atoms with Crippen molar-refractivity contribution in [3.8, 4) is 0 Å². The molecule has 7 nitrogen and oxygen atoms in total. The number of carboxylic acid groups (broad SMARTS) is 1. The van der Waals surface area contributed by atoms with Crippen LogP contribution in [0.25, 0.3) is 0 Å². The van der Waals surface area contributed by atoms with Crippen LogP contribution in [0.2, 0.25) is 0 Å². The summed E-state index contributed by atoms with van der Waals surface area (Å²) in [5, 5.41) is 19.4. The fraction of sp³-hybridized carbons (Fsp3) is 0.619. The van der Waals surface area contributed by atoms with Gasteiger partial charge in [-0.05, 0) is 24.1 Å². The first-order valence-electron chi connectivity index (χ1n) is 10.1. The van der Waals surface area contributed by atoms with Crippen molar-refractivity contribution in [3.05, 3.63) is 35.4 Å². The number of rotatable bonds is 4. The van der Waals surface area contributed by atoms with Gasteiger partial charge in [0, 0.05) is 51.2 Å². The van der Waals surface area contributed by atoms with Crippen molar-refractivity contribution >= 4 is 11.9 Å². The molecule has 1 aromatic carbocycles. The Hall–Kier alpha value is -1.96. The van der Waals surface area contributed by atoms with E-state index in [0.717, 1.165) is 25.1 Å². The maximum absolute atomic E-state index is 12.6. The molecule has 0 saturated carbocycles. The van der Waals surface area contributed by atoms with Gasteiger partial charge in [0.1, 0.15) is 0 Å². The first kappa shape index (κ1) is 19.4. The second-order valence-corrected chi connectivity index (χ2v) is 8.94. The Labute approximate surface area is 165 Å². The highest BCUT2D eigenvalue weighted by atomic mass is 16.4. The minimum Gasteiger partial charge on any atom is -0.478 e.